The molecule has 0 radical (unpaired) electrons. The number of hydrogen-bond donors (Lipinski definition) is 1. The molecule has 79 heavy (non-hydrogen) atoms. The maximum Gasteiger partial charge on any atom is 0.472 e. The first-order chi connectivity index (χ1) is 38.5. The van der Waals surface area contributed by atoms with Gasteiger partial charge in [-0.1, -0.05) is 314 Å². The molecule has 466 valence electrons. The van der Waals surface area contributed by atoms with Crippen molar-refractivity contribution >= 4 is 19.8 Å². The van der Waals surface area contributed by atoms with Crippen LogP contribution in [0.25, 0.3) is 0 Å². The fourth-order valence-corrected chi connectivity index (χ4v) is 10.9. The second-order valence-electron chi connectivity index (χ2n) is 24.6. The van der Waals surface area contributed by atoms with Crippen molar-refractivity contribution in [3.63, 3.8) is 0 Å². The van der Waals surface area contributed by atoms with Gasteiger partial charge in [0.1, 0.15) is 19.8 Å². The summed E-state index contributed by atoms with van der Waals surface area (Å²) >= 11 is 0. The minimum Gasteiger partial charge on any atom is -0.462 e. The first-order valence-electron chi connectivity index (χ1n) is 34.2. The highest BCUT2D eigenvalue weighted by Gasteiger charge is 2.27. The molecular formula is C69H133NO8P+. The van der Waals surface area contributed by atoms with Gasteiger partial charge in [0.05, 0.1) is 27.7 Å². The number of allylic oxidation sites excluding steroid dienone is 6. The Hall–Kier alpha value is -1.77. The molecule has 0 aliphatic carbocycles. The summed E-state index contributed by atoms with van der Waals surface area (Å²) in [6, 6.07) is 0. The van der Waals surface area contributed by atoms with E-state index in [0.717, 1.165) is 44.9 Å². The second kappa shape index (κ2) is 60.8. The zero-order chi connectivity index (χ0) is 57.7. The van der Waals surface area contributed by atoms with Gasteiger partial charge >= 0.3 is 19.8 Å². The van der Waals surface area contributed by atoms with E-state index >= 15 is 0 Å². The van der Waals surface area contributed by atoms with Gasteiger partial charge in [-0.3, -0.25) is 18.6 Å². The fraction of sp³-hybridized carbons (Fsp3) is 0.884. The molecule has 9 nitrogen and oxygen atoms in total. The minimum atomic E-state index is -4.38. The van der Waals surface area contributed by atoms with E-state index < -0.39 is 26.5 Å². The standard InChI is InChI=1S/C69H132NO8P/c1-6-8-10-12-14-16-18-20-22-24-25-26-27-28-29-30-31-32-33-34-35-36-37-38-39-40-41-42-43-44-45-46-48-50-52-54-56-58-60-62-69(72)78-67(66-77-79(73,74)76-64-63-70(3,4)5)65-75-68(71)61-59-57-55-53-51-49-47-23-21-19-17-15-13-11-9-7-2/h18,20,24-25,27-28,67H,6-17,19,21-23,26,29-66H2,1-5H3/p+1/b20-18-,25-24-,28-27-. The molecule has 0 heterocycles. The van der Waals surface area contributed by atoms with Gasteiger partial charge in [0, 0.05) is 12.8 Å². The van der Waals surface area contributed by atoms with Crippen molar-refractivity contribution in [1.82, 2.24) is 0 Å². The summed E-state index contributed by atoms with van der Waals surface area (Å²) in [5.74, 6) is -0.776. The van der Waals surface area contributed by atoms with Gasteiger partial charge in [0.2, 0.25) is 0 Å². The Morgan fingerprint density at radius 2 is 0.684 bits per heavy atom. The molecule has 0 aromatic rings. The Labute approximate surface area is 491 Å². The van der Waals surface area contributed by atoms with E-state index in [4.69, 9.17) is 18.5 Å². The van der Waals surface area contributed by atoms with Crippen molar-refractivity contribution in [2.24, 2.45) is 0 Å². The van der Waals surface area contributed by atoms with Gasteiger partial charge in [-0.2, -0.15) is 0 Å². The number of nitrogens with zero attached hydrogens (tertiary/aromatic N) is 1. The molecule has 0 rings (SSSR count). The Bertz CT molecular complexity index is 1430. The zero-order valence-electron chi connectivity index (χ0n) is 53.1. The van der Waals surface area contributed by atoms with E-state index in [1.807, 2.05) is 21.1 Å². The molecule has 0 saturated carbocycles. The number of phosphoric acid groups is 1. The molecule has 10 heteroatoms. The number of carbonyl (C=O) groups excluding carboxylic acids is 2. The van der Waals surface area contributed by atoms with Crippen molar-refractivity contribution in [3.8, 4) is 0 Å². The van der Waals surface area contributed by atoms with E-state index in [-0.39, 0.29) is 25.6 Å². The van der Waals surface area contributed by atoms with Crippen LogP contribution in [0.3, 0.4) is 0 Å². The summed E-state index contributed by atoms with van der Waals surface area (Å²) in [5, 5.41) is 0. The average Bonchev–Trinajstić information content (AvgIpc) is 3.41. The smallest absolute Gasteiger partial charge is 0.462 e. The minimum absolute atomic E-state index is 0.0355. The third-order valence-electron chi connectivity index (χ3n) is 15.4. The summed E-state index contributed by atoms with van der Waals surface area (Å²) in [6.07, 6.45) is 76.9. The predicted molar refractivity (Wildman–Crippen MR) is 340 cm³/mol. The van der Waals surface area contributed by atoms with Crippen molar-refractivity contribution in [2.75, 3.05) is 47.5 Å². The van der Waals surface area contributed by atoms with Crippen LogP contribution in [0, 0.1) is 0 Å². The maximum atomic E-state index is 12.8. The van der Waals surface area contributed by atoms with Crippen LogP contribution in [0.4, 0.5) is 0 Å². The molecule has 2 atom stereocenters. The number of rotatable bonds is 64. The average molecular weight is 1140 g/mol. The van der Waals surface area contributed by atoms with E-state index in [1.54, 1.807) is 0 Å². The summed E-state index contributed by atoms with van der Waals surface area (Å²) in [4.78, 5) is 35.7. The Morgan fingerprint density at radius 3 is 1.01 bits per heavy atom. The number of quaternary nitrogens is 1. The second-order valence-corrected chi connectivity index (χ2v) is 26.0. The summed E-state index contributed by atoms with van der Waals surface area (Å²) < 4.78 is 34.7. The van der Waals surface area contributed by atoms with Crippen LogP contribution in [0.15, 0.2) is 36.5 Å². The molecule has 0 aliphatic rings. The largest absolute Gasteiger partial charge is 0.472 e. The SMILES string of the molecule is CCCCCCC/C=C\C/C=C\C/C=C\CCCCCCCCCCCCCCCCCCCCCCCCCCC(=O)OC(COC(=O)CCCCCCCCCCCCCCCCCC)COP(=O)(O)OCC[N+](C)(C)C. The van der Waals surface area contributed by atoms with Crippen LogP contribution in [0.2, 0.25) is 0 Å². The molecule has 0 amide bonds. The quantitative estimate of drug-likeness (QED) is 0.0211. The van der Waals surface area contributed by atoms with Crippen LogP contribution in [0.5, 0.6) is 0 Å². The summed E-state index contributed by atoms with van der Waals surface area (Å²) in [7, 11) is 1.50. The lowest BCUT2D eigenvalue weighted by Crippen LogP contribution is -2.37. The summed E-state index contributed by atoms with van der Waals surface area (Å²) in [6.45, 7) is 4.48. The van der Waals surface area contributed by atoms with E-state index in [2.05, 4.69) is 50.3 Å². The van der Waals surface area contributed by atoms with E-state index in [1.165, 1.54) is 263 Å². The van der Waals surface area contributed by atoms with E-state index in [0.29, 0.717) is 23.9 Å². The molecule has 0 aliphatic heterocycles. The topological polar surface area (TPSA) is 108 Å². The number of esters is 2. The van der Waals surface area contributed by atoms with Gasteiger partial charge in [-0.05, 0) is 51.4 Å². The van der Waals surface area contributed by atoms with Gasteiger partial charge in [-0.15, -0.1) is 0 Å². The van der Waals surface area contributed by atoms with Crippen molar-refractivity contribution in [2.45, 2.75) is 347 Å². The zero-order valence-corrected chi connectivity index (χ0v) is 54.0. The molecule has 0 aromatic heterocycles. The molecule has 0 bridgehead atoms. The van der Waals surface area contributed by atoms with Gasteiger partial charge in [-0.25, -0.2) is 4.57 Å². The molecule has 1 N–H and O–H groups in total. The molecule has 0 saturated heterocycles. The number of phosphoric ester groups is 1. The molecule has 0 spiro atoms. The lowest BCUT2D eigenvalue weighted by atomic mass is 10.0. The van der Waals surface area contributed by atoms with Crippen LogP contribution < -0.4 is 0 Å². The highest BCUT2D eigenvalue weighted by Crippen LogP contribution is 2.43. The maximum absolute atomic E-state index is 12.8. The van der Waals surface area contributed by atoms with Gasteiger partial charge < -0.3 is 18.9 Å². The highest BCUT2D eigenvalue weighted by atomic mass is 31.2. The number of likely N-dealkylation sites (N-methyl/N-ethyl adjacent to an activating group) is 1. The van der Waals surface area contributed by atoms with Crippen LogP contribution in [-0.4, -0.2) is 74.9 Å². The van der Waals surface area contributed by atoms with Crippen molar-refractivity contribution < 1.29 is 42.1 Å². The van der Waals surface area contributed by atoms with Crippen LogP contribution in [0.1, 0.15) is 341 Å². The van der Waals surface area contributed by atoms with Crippen LogP contribution >= 0.6 is 7.82 Å². The van der Waals surface area contributed by atoms with Crippen LogP contribution in [-0.2, 0) is 32.7 Å². The highest BCUT2D eigenvalue weighted by molar-refractivity contribution is 7.47. The number of ether oxygens (including phenoxy) is 2. The third kappa shape index (κ3) is 65.3. The lowest BCUT2D eigenvalue weighted by Gasteiger charge is -2.24. The molecule has 0 aromatic carbocycles. The van der Waals surface area contributed by atoms with Gasteiger partial charge in [0.25, 0.3) is 0 Å². The predicted octanol–water partition coefficient (Wildman–Crippen LogP) is 21.9. The Kier molecular flexibility index (Phi) is 59.4. The summed E-state index contributed by atoms with van der Waals surface area (Å²) in [5.41, 5.74) is 0. The first kappa shape index (κ1) is 77.2. The first-order valence-corrected chi connectivity index (χ1v) is 35.7. The number of carbonyl (C=O) groups is 2. The van der Waals surface area contributed by atoms with Crippen molar-refractivity contribution in [3.05, 3.63) is 36.5 Å². The fourth-order valence-electron chi connectivity index (χ4n) is 10.1. The lowest BCUT2D eigenvalue weighted by molar-refractivity contribution is -0.870. The molecule has 2 unspecified atom stereocenters. The Balaban J connectivity index is 3.89. The van der Waals surface area contributed by atoms with Crippen molar-refractivity contribution in [1.29, 1.82) is 0 Å². The Morgan fingerprint density at radius 1 is 0.392 bits per heavy atom. The third-order valence-corrected chi connectivity index (χ3v) is 16.4. The number of unbranched alkanes of at least 4 members (excludes halogenated alkanes) is 44. The van der Waals surface area contributed by atoms with Gasteiger partial charge in [0.15, 0.2) is 6.10 Å². The number of hydrogen-bond acceptors (Lipinski definition) is 7. The molecular weight excluding hydrogens is 1000 g/mol. The monoisotopic (exact) mass is 1130 g/mol. The van der Waals surface area contributed by atoms with E-state index in [9.17, 15) is 19.0 Å². The normalized spacial score (nSPS) is 13.3. The molecule has 0 fully saturated rings.